The van der Waals surface area contributed by atoms with Crippen LogP contribution in [0, 0.1) is 0 Å². The van der Waals surface area contributed by atoms with Crippen LogP contribution in [0.2, 0.25) is 0 Å². The SMILES string of the molecule is CCN1SC(Cl)N(Cc2ccccc2)C1=O. The van der Waals surface area contributed by atoms with E-state index in [1.54, 1.807) is 9.21 Å². The molecule has 1 atom stereocenters. The minimum Gasteiger partial charge on any atom is -0.292 e. The van der Waals surface area contributed by atoms with Crippen molar-refractivity contribution in [2.45, 2.75) is 18.3 Å². The second-order valence-electron chi connectivity index (χ2n) is 3.49. The van der Waals surface area contributed by atoms with E-state index in [4.69, 9.17) is 11.6 Å². The van der Waals surface area contributed by atoms with Crippen LogP contribution in [0.25, 0.3) is 0 Å². The standard InChI is InChI=1S/C11H13ClN2OS/c1-2-14-11(15)13(10(12)16-14)8-9-6-4-3-5-7-9/h3-7,10H,2,8H2,1H3. The molecule has 1 aromatic carbocycles. The van der Waals surface area contributed by atoms with Crippen molar-refractivity contribution in [3.8, 4) is 0 Å². The number of rotatable bonds is 3. The van der Waals surface area contributed by atoms with Gasteiger partial charge in [0, 0.05) is 13.1 Å². The van der Waals surface area contributed by atoms with E-state index in [1.165, 1.54) is 11.9 Å². The molecule has 5 heteroatoms. The van der Waals surface area contributed by atoms with Gasteiger partial charge in [0.15, 0.2) is 4.83 Å². The number of nitrogens with zero attached hydrogens (tertiary/aromatic N) is 2. The van der Waals surface area contributed by atoms with Crippen molar-refractivity contribution in [3.05, 3.63) is 35.9 Å². The lowest BCUT2D eigenvalue weighted by atomic mass is 10.2. The third-order valence-corrected chi connectivity index (χ3v) is 3.97. The Morgan fingerprint density at radius 1 is 1.38 bits per heavy atom. The maximum absolute atomic E-state index is 11.9. The Kier molecular flexibility index (Phi) is 3.61. The van der Waals surface area contributed by atoms with Gasteiger partial charge in [-0.3, -0.25) is 9.21 Å². The number of hydrogen-bond acceptors (Lipinski definition) is 2. The quantitative estimate of drug-likeness (QED) is 0.471. The Balaban J connectivity index is 2.08. The summed E-state index contributed by atoms with van der Waals surface area (Å²) in [5.74, 6) is 0. The third-order valence-electron chi connectivity index (χ3n) is 2.40. The van der Waals surface area contributed by atoms with E-state index in [-0.39, 0.29) is 10.9 Å². The van der Waals surface area contributed by atoms with Gasteiger partial charge in [-0.15, -0.1) is 0 Å². The van der Waals surface area contributed by atoms with Crippen molar-refractivity contribution in [2.75, 3.05) is 6.54 Å². The fraction of sp³-hybridized carbons (Fsp3) is 0.364. The van der Waals surface area contributed by atoms with E-state index in [1.807, 2.05) is 37.3 Å². The molecule has 1 saturated heterocycles. The number of amides is 2. The van der Waals surface area contributed by atoms with Gasteiger partial charge in [-0.05, 0) is 24.4 Å². The molecule has 1 fully saturated rings. The van der Waals surface area contributed by atoms with Crippen LogP contribution in [0.1, 0.15) is 12.5 Å². The second-order valence-corrected chi connectivity index (χ2v) is 5.26. The summed E-state index contributed by atoms with van der Waals surface area (Å²) in [6.07, 6.45) is 0. The summed E-state index contributed by atoms with van der Waals surface area (Å²) in [5, 5.41) is 0. The average molecular weight is 257 g/mol. The highest BCUT2D eigenvalue weighted by Crippen LogP contribution is 2.34. The first-order valence-corrected chi connectivity index (χ1v) is 6.42. The summed E-state index contributed by atoms with van der Waals surface area (Å²) in [6, 6.07) is 9.87. The van der Waals surface area contributed by atoms with Gasteiger partial charge in [0.05, 0.1) is 0 Å². The first-order chi connectivity index (χ1) is 7.72. The fourth-order valence-corrected chi connectivity index (χ4v) is 2.84. The van der Waals surface area contributed by atoms with E-state index in [2.05, 4.69) is 0 Å². The highest BCUT2D eigenvalue weighted by Gasteiger charge is 2.36. The number of alkyl halides is 1. The number of carbonyl (C=O) groups excluding carboxylic acids is 1. The van der Waals surface area contributed by atoms with Crippen molar-refractivity contribution in [1.82, 2.24) is 9.21 Å². The number of benzene rings is 1. The minimum absolute atomic E-state index is 0.00338. The molecule has 0 aromatic heterocycles. The zero-order chi connectivity index (χ0) is 11.5. The minimum atomic E-state index is -0.298. The summed E-state index contributed by atoms with van der Waals surface area (Å²) < 4.78 is 1.68. The maximum atomic E-state index is 11.9. The summed E-state index contributed by atoms with van der Waals surface area (Å²) in [4.78, 5) is 13.3. The van der Waals surface area contributed by atoms with Crippen molar-refractivity contribution < 1.29 is 4.79 Å². The van der Waals surface area contributed by atoms with E-state index >= 15 is 0 Å². The Labute approximate surface area is 104 Å². The Bertz CT molecular complexity index is 374. The molecular formula is C11H13ClN2OS. The van der Waals surface area contributed by atoms with Crippen molar-refractivity contribution in [2.24, 2.45) is 0 Å². The number of urea groups is 1. The number of hydrogen-bond donors (Lipinski definition) is 0. The van der Waals surface area contributed by atoms with Gasteiger partial charge in [0.2, 0.25) is 0 Å². The number of halogens is 1. The lowest BCUT2D eigenvalue weighted by Gasteiger charge is -2.17. The zero-order valence-electron chi connectivity index (χ0n) is 8.97. The lowest BCUT2D eigenvalue weighted by molar-refractivity contribution is 0.193. The molecule has 0 spiro atoms. The fourth-order valence-electron chi connectivity index (χ4n) is 1.57. The summed E-state index contributed by atoms with van der Waals surface area (Å²) in [7, 11) is 0. The van der Waals surface area contributed by atoms with Crippen LogP contribution in [0.5, 0.6) is 0 Å². The van der Waals surface area contributed by atoms with Crippen LogP contribution in [0.3, 0.4) is 0 Å². The summed E-state index contributed by atoms with van der Waals surface area (Å²) in [6.45, 7) is 3.19. The van der Waals surface area contributed by atoms with Gasteiger partial charge < -0.3 is 0 Å². The molecule has 1 heterocycles. The van der Waals surface area contributed by atoms with Crippen LogP contribution < -0.4 is 0 Å². The molecule has 0 aliphatic carbocycles. The van der Waals surface area contributed by atoms with Gasteiger partial charge in [-0.25, -0.2) is 4.79 Å². The lowest BCUT2D eigenvalue weighted by Crippen LogP contribution is -2.32. The summed E-state index contributed by atoms with van der Waals surface area (Å²) in [5.41, 5.74) is 1.10. The van der Waals surface area contributed by atoms with E-state index in [0.717, 1.165) is 5.56 Å². The molecule has 3 nitrogen and oxygen atoms in total. The number of carbonyl (C=O) groups is 1. The van der Waals surface area contributed by atoms with Crippen molar-refractivity contribution in [1.29, 1.82) is 0 Å². The monoisotopic (exact) mass is 256 g/mol. The summed E-state index contributed by atoms with van der Waals surface area (Å²) >= 11 is 7.50. The van der Waals surface area contributed by atoms with E-state index in [0.29, 0.717) is 13.1 Å². The molecule has 1 unspecified atom stereocenters. The van der Waals surface area contributed by atoms with E-state index < -0.39 is 0 Å². The third kappa shape index (κ3) is 2.28. The Hall–Kier alpha value is -0.870. The van der Waals surface area contributed by atoms with Crippen LogP contribution in [0.15, 0.2) is 30.3 Å². The zero-order valence-corrected chi connectivity index (χ0v) is 10.5. The first kappa shape index (κ1) is 11.6. The molecule has 0 N–H and O–H groups in total. The molecule has 1 aliphatic rings. The Morgan fingerprint density at radius 3 is 2.62 bits per heavy atom. The first-order valence-electron chi connectivity index (χ1n) is 5.15. The van der Waals surface area contributed by atoms with Crippen LogP contribution in [0.4, 0.5) is 4.79 Å². The smallest absolute Gasteiger partial charge is 0.292 e. The predicted octanol–water partition coefficient (Wildman–Crippen LogP) is 3.11. The highest BCUT2D eigenvalue weighted by atomic mass is 35.5. The molecule has 0 bridgehead atoms. The van der Waals surface area contributed by atoms with E-state index in [9.17, 15) is 4.79 Å². The molecule has 2 rings (SSSR count). The predicted molar refractivity (Wildman–Crippen MR) is 67.0 cm³/mol. The topological polar surface area (TPSA) is 23.6 Å². The molecule has 0 saturated carbocycles. The molecule has 1 aliphatic heterocycles. The van der Waals surface area contributed by atoms with Crippen molar-refractivity contribution >= 4 is 29.6 Å². The van der Waals surface area contributed by atoms with Crippen LogP contribution in [-0.2, 0) is 6.54 Å². The average Bonchev–Trinajstić information content (AvgIpc) is 2.58. The molecule has 16 heavy (non-hydrogen) atoms. The molecule has 0 radical (unpaired) electrons. The van der Waals surface area contributed by atoms with Crippen LogP contribution >= 0.6 is 23.5 Å². The Morgan fingerprint density at radius 2 is 2.06 bits per heavy atom. The van der Waals surface area contributed by atoms with Gasteiger partial charge in [-0.2, -0.15) is 0 Å². The van der Waals surface area contributed by atoms with Crippen LogP contribution in [-0.4, -0.2) is 26.6 Å². The second kappa shape index (κ2) is 4.97. The van der Waals surface area contributed by atoms with Gasteiger partial charge in [0.25, 0.3) is 0 Å². The maximum Gasteiger partial charge on any atom is 0.332 e. The normalized spacial score (nSPS) is 20.6. The van der Waals surface area contributed by atoms with Gasteiger partial charge in [-0.1, -0.05) is 41.9 Å². The highest BCUT2D eigenvalue weighted by molar-refractivity contribution is 7.99. The molecule has 1 aromatic rings. The van der Waals surface area contributed by atoms with Gasteiger partial charge in [0.1, 0.15) is 0 Å². The molecular weight excluding hydrogens is 244 g/mol. The van der Waals surface area contributed by atoms with Crippen molar-refractivity contribution in [3.63, 3.8) is 0 Å². The molecule has 86 valence electrons. The molecule has 2 amide bonds. The van der Waals surface area contributed by atoms with Gasteiger partial charge >= 0.3 is 6.03 Å². The largest absolute Gasteiger partial charge is 0.332 e.